The van der Waals surface area contributed by atoms with Gasteiger partial charge < -0.3 is 10.6 Å². The van der Waals surface area contributed by atoms with Crippen LogP contribution in [0, 0.1) is 19.8 Å². The number of carbonyl (C=O) groups excluding carboxylic acids is 1. The molecule has 3 rings (SSSR count). The summed E-state index contributed by atoms with van der Waals surface area (Å²) in [6.45, 7) is 5.70. The van der Waals surface area contributed by atoms with E-state index in [2.05, 4.69) is 15.0 Å². The second-order valence-corrected chi connectivity index (χ2v) is 6.18. The Balaban J connectivity index is 1.74. The quantitative estimate of drug-likeness (QED) is 0.920. The first-order valence-electron chi connectivity index (χ1n) is 7.92. The summed E-state index contributed by atoms with van der Waals surface area (Å²) in [5.74, 6) is 1.76. The second-order valence-electron chi connectivity index (χ2n) is 6.18. The van der Waals surface area contributed by atoms with Crippen LogP contribution in [0.1, 0.15) is 30.7 Å². The van der Waals surface area contributed by atoms with Crippen LogP contribution in [-0.2, 0) is 4.79 Å². The van der Waals surface area contributed by atoms with E-state index in [0.29, 0.717) is 12.3 Å². The van der Waals surface area contributed by atoms with Gasteiger partial charge in [0, 0.05) is 25.2 Å². The van der Waals surface area contributed by atoms with Gasteiger partial charge in [-0.1, -0.05) is 0 Å². The highest BCUT2D eigenvalue weighted by Crippen LogP contribution is 2.24. The van der Waals surface area contributed by atoms with Gasteiger partial charge in [0.1, 0.15) is 5.82 Å². The lowest BCUT2D eigenvalue weighted by atomic mass is 9.93. The largest absolute Gasteiger partial charge is 0.370 e. The minimum atomic E-state index is -0.213. The van der Waals surface area contributed by atoms with E-state index < -0.39 is 0 Å². The van der Waals surface area contributed by atoms with Crippen LogP contribution < -0.4 is 10.6 Å². The predicted molar refractivity (Wildman–Crippen MR) is 87.4 cm³/mol. The maximum absolute atomic E-state index is 11.0. The second kappa shape index (κ2) is 6.36. The zero-order chi connectivity index (χ0) is 16.4. The molecule has 7 heteroatoms. The summed E-state index contributed by atoms with van der Waals surface area (Å²) in [5, 5.41) is 4.46. The van der Waals surface area contributed by atoms with Crippen LogP contribution in [-0.4, -0.2) is 38.7 Å². The molecule has 0 atom stereocenters. The minimum absolute atomic E-state index is 0.213. The smallest absolute Gasteiger partial charge is 0.217 e. The average molecular weight is 314 g/mol. The Morgan fingerprint density at radius 2 is 1.96 bits per heavy atom. The molecule has 0 saturated carbocycles. The van der Waals surface area contributed by atoms with Crippen molar-refractivity contribution < 1.29 is 4.79 Å². The molecule has 122 valence electrons. The number of primary amides is 1. The van der Waals surface area contributed by atoms with Crippen LogP contribution in [0.2, 0.25) is 0 Å². The van der Waals surface area contributed by atoms with Crippen LogP contribution in [0.15, 0.2) is 18.5 Å². The van der Waals surface area contributed by atoms with Crippen molar-refractivity contribution in [3.63, 3.8) is 0 Å². The predicted octanol–water partition coefficient (Wildman–Crippen LogP) is 1.37. The molecule has 3 heterocycles. The zero-order valence-corrected chi connectivity index (χ0v) is 13.6. The number of amides is 1. The van der Waals surface area contributed by atoms with E-state index in [4.69, 9.17) is 10.7 Å². The molecule has 1 saturated heterocycles. The molecule has 1 fully saturated rings. The highest BCUT2D eigenvalue weighted by molar-refractivity contribution is 5.74. The fourth-order valence-corrected chi connectivity index (χ4v) is 3.11. The maximum Gasteiger partial charge on any atom is 0.217 e. The molecule has 0 aromatic carbocycles. The minimum Gasteiger partial charge on any atom is -0.370 e. The number of rotatable bonds is 4. The van der Waals surface area contributed by atoms with E-state index in [1.807, 2.05) is 24.6 Å². The normalized spacial score (nSPS) is 15.8. The van der Waals surface area contributed by atoms with Gasteiger partial charge in [0.15, 0.2) is 5.82 Å². The monoisotopic (exact) mass is 314 g/mol. The van der Waals surface area contributed by atoms with Crippen molar-refractivity contribution in [1.82, 2.24) is 19.7 Å². The summed E-state index contributed by atoms with van der Waals surface area (Å²) < 4.78 is 1.81. The van der Waals surface area contributed by atoms with E-state index in [1.165, 1.54) is 0 Å². The molecule has 2 aromatic rings. The highest BCUT2D eigenvalue weighted by Gasteiger charge is 2.22. The molecule has 1 aliphatic rings. The van der Waals surface area contributed by atoms with Gasteiger partial charge in [-0.15, -0.1) is 0 Å². The summed E-state index contributed by atoms with van der Waals surface area (Å²) in [7, 11) is 0. The molecule has 0 bridgehead atoms. The average Bonchev–Trinajstić information content (AvgIpc) is 2.86. The lowest BCUT2D eigenvalue weighted by Gasteiger charge is -2.32. The van der Waals surface area contributed by atoms with Gasteiger partial charge in [0.2, 0.25) is 5.91 Å². The molecule has 0 unspecified atom stereocenters. The van der Waals surface area contributed by atoms with Crippen LogP contribution in [0.3, 0.4) is 0 Å². The number of nitrogens with zero attached hydrogens (tertiary/aromatic N) is 5. The Bertz CT molecular complexity index is 702. The van der Waals surface area contributed by atoms with Crippen molar-refractivity contribution in [1.29, 1.82) is 0 Å². The number of anilines is 1. The molecule has 0 spiro atoms. The zero-order valence-electron chi connectivity index (χ0n) is 13.6. The fourth-order valence-electron chi connectivity index (χ4n) is 3.11. The first kappa shape index (κ1) is 15.5. The maximum atomic E-state index is 11.0. The Morgan fingerprint density at radius 3 is 2.57 bits per heavy atom. The van der Waals surface area contributed by atoms with E-state index >= 15 is 0 Å². The molecule has 2 N–H and O–H groups in total. The Kier molecular flexibility index (Phi) is 4.27. The number of nitrogens with two attached hydrogens (primary N) is 1. The van der Waals surface area contributed by atoms with E-state index in [9.17, 15) is 4.79 Å². The van der Waals surface area contributed by atoms with Gasteiger partial charge in [-0.05, 0) is 38.7 Å². The van der Waals surface area contributed by atoms with E-state index in [0.717, 1.165) is 49.0 Å². The number of hydrogen-bond donors (Lipinski definition) is 1. The van der Waals surface area contributed by atoms with Crippen molar-refractivity contribution >= 4 is 11.7 Å². The number of piperidine rings is 1. The number of aryl methyl sites for hydroxylation is 2. The van der Waals surface area contributed by atoms with Crippen LogP contribution in [0.25, 0.3) is 5.82 Å². The first-order valence-corrected chi connectivity index (χ1v) is 7.92. The molecular weight excluding hydrogens is 292 g/mol. The van der Waals surface area contributed by atoms with Gasteiger partial charge in [-0.2, -0.15) is 5.10 Å². The molecule has 0 radical (unpaired) electrons. The first-order chi connectivity index (χ1) is 11.0. The fraction of sp³-hybridized carbons (Fsp3) is 0.500. The van der Waals surface area contributed by atoms with Crippen molar-refractivity contribution in [2.75, 3.05) is 18.0 Å². The summed E-state index contributed by atoms with van der Waals surface area (Å²) in [6.07, 6.45) is 5.89. The summed E-state index contributed by atoms with van der Waals surface area (Å²) in [5.41, 5.74) is 7.28. The van der Waals surface area contributed by atoms with Crippen LogP contribution in [0.4, 0.5) is 5.82 Å². The third-order valence-corrected chi connectivity index (χ3v) is 4.26. The molecule has 0 aliphatic carbocycles. The van der Waals surface area contributed by atoms with Crippen molar-refractivity contribution in [2.24, 2.45) is 11.7 Å². The highest BCUT2D eigenvalue weighted by atomic mass is 16.1. The van der Waals surface area contributed by atoms with Crippen molar-refractivity contribution in [3.05, 3.63) is 29.8 Å². The van der Waals surface area contributed by atoms with Crippen molar-refractivity contribution in [2.45, 2.75) is 33.1 Å². The molecule has 1 amide bonds. The molecule has 1 aliphatic heterocycles. The third kappa shape index (κ3) is 3.49. The Hall–Kier alpha value is -2.44. The topological polar surface area (TPSA) is 89.9 Å². The lowest BCUT2D eigenvalue weighted by Crippen LogP contribution is -2.35. The number of carbonyl (C=O) groups is 1. The number of hydrogen-bond acceptors (Lipinski definition) is 5. The SMILES string of the molecule is Cc1cc(C)n(-c2cncc(N3CCC(CC(N)=O)CC3)n2)n1. The Morgan fingerprint density at radius 1 is 1.26 bits per heavy atom. The molecular formula is C16H22N6O. The summed E-state index contributed by atoms with van der Waals surface area (Å²) in [6, 6.07) is 2.02. The van der Waals surface area contributed by atoms with Gasteiger partial charge in [-0.25, -0.2) is 9.67 Å². The molecule has 2 aromatic heterocycles. The van der Waals surface area contributed by atoms with Gasteiger partial charge in [0.25, 0.3) is 0 Å². The summed E-state index contributed by atoms with van der Waals surface area (Å²) in [4.78, 5) is 22.3. The van der Waals surface area contributed by atoms with Gasteiger partial charge in [-0.3, -0.25) is 9.78 Å². The summed E-state index contributed by atoms with van der Waals surface area (Å²) >= 11 is 0. The van der Waals surface area contributed by atoms with E-state index in [1.54, 1.807) is 12.4 Å². The molecule has 23 heavy (non-hydrogen) atoms. The van der Waals surface area contributed by atoms with Gasteiger partial charge in [0.05, 0.1) is 18.1 Å². The van der Waals surface area contributed by atoms with E-state index in [-0.39, 0.29) is 5.91 Å². The van der Waals surface area contributed by atoms with Crippen molar-refractivity contribution in [3.8, 4) is 5.82 Å². The lowest BCUT2D eigenvalue weighted by molar-refractivity contribution is -0.119. The Labute approximate surface area is 135 Å². The third-order valence-electron chi connectivity index (χ3n) is 4.26. The van der Waals surface area contributed by atoms with Crippen LogP contribution in [0.5, 0.6) is 0 Å². The van der Waals surface area contributed by atoms with Crippen LogP contribution >= 0.6 is 0 Å². The molecule has 7 nitrogen and oxygen atoms in total. The standard InChI is InChI=1S/C16H22N6O/c1-11-7-12(2)22(20-11)16-10-18-9-15(19-16)21-5-3-13(4-6-21)8-14(17)23/h7,9-10,13H,3-6,8H2,1-2H3,(H2,17,23). The number of aromatic nitrogens is 4. The van der Waals surface area contributed by atoms with Gasteiger partial charge >= 0.3 is 0 Å².